The third-order valence-corrected chi connectivity index (χ3v) is 5.17. The SMILES string of the molecule is C=C(C)C(=O)OCCCCCCNC(=O)C1=CCC(O)C(n2nc3c(n2)CCC=C3)=C1. The van der Waals surface area contributed by atoms with E-state index in [1.807, 2.05) is 6.08 Å². The van der Waals surface area contributed by atoms with E-state index >= 15 is 0 Å². The number of carbonyl (C=O) groups is 2. The maximum absolute atomic E-state index is 12.5. The summed E-state index contributed by atoms with van der Waals surface area (Å²) >= 11 is 0. The van der Waals surface area contributed by atoms with Gasteiger partial charge in [0.05, 0.1) is 18.0 Å². The molecular formula is C23H30N4O4. The quantitative estimate of drug-likeness (QED) is 0.338. The van der Waals surface area contributed by atoms with Crippen molar-refractivity contribution in [3.8, 4) is 0 Å². The van der Waals surface area contributed by atoms with Crippen LogP contribution in [0.25, 0.3) is 11.8 Å². The second-order valence-electron chi connectivity index (χ2n) is 7.83. The van der Waals surface area contributed by atoms with Gasteiger partial charge >= 0.3 is 5.97 Å². The zero-order chi connectivity index (χ0) is 22.2. The van der Waals surface area contributed by atoms with Gasteiger partial charge in [-0.2, -0.15) is 9.90 Å². The highest BCUT2D eigenvalue weighted by Crippen LogP contribution is 2.23. The molecule has 0 saturated heterocycles. The van der Waals surface area contributed by atoms with E-state index in [0.29, 0.717) is 36.4 Å². The number of nitrogens with zero attached hydrogens (tertiary/aromatic N) is 3. The fraction of sp³-hybridized carbons (Fsp3) is 0.478. The summed E-state index contributed by atoms with van der Waals surface area (Å²) < 4.78 is 5.05. The normalized spacial score (nSPS) is 17.4. The van der Waals surface area contributed by atoms with Crippen molar-refractivity contribution in [3.63, 3.8) is 0 Å². The Morgan fingerprint density at radius 3 is 2.87 bits per heavy atom. The van der Waals surface area contributed by atoms with Crippen LogP contribution in [0.15, 0.2) is 36.0 Å². The molecule has 1 aromatic rings. The molecule has 0 spiro atoms. The molecule has 2 aliphatic carbocycles. The first-order valence-corrected chi connectivity index (χ1v) is 10.8. The van der Waals surface area contributed by atoms with Gasteiger partial charge in [-0.15, -0.1) is 5.10 Å². The first-order chi connectivity index (χ1) is 15.0. The van der Waals surface area contributed by atoms with E-state index in [4.69, 9.17) is 4.74 Å². The van der Waals surface area contributed by atoms with Crippen molar-refractivity contribution in [2.75, 3.05) is 13.2 Å². The number of nitrogens with one attached hydrogen (secondary N) is 1. The van der Waals surface area contributed by atoms with Crippen LogP contribution in [0.2, 0.25) is 0 Å². The Labute approximate surface area is 182 Å². The highest BCUT2D eigenvalue weighted by atomic mass is 16.5. The average molecular weight is 427 g/mol. The minimum Gasteiger partial charge on any atom is -0.462 e. The number of aliphatic hydroxyl groups excluding tert-OH is 1. The van der Waals surface area contributed by atoms with Crippen molar-refractivity contribution < 1.29 is 19.4 Å². The predicted octanol–water partition coefficient (Wildman–Crippen LogP) is 2.57. The van der Waals surface area contributed by atoms with E-state index in [0.717, 1.165) is 49.9 Å². The fourth-order valence-corrected chi connectivity index (χ4v) is 3.38. The van der Waals surface area contributed by atoms with Gasteiger partial charge in [0.25, 0.3) is 5.91 Å². The van der Waals surface area contributed by atoms with Crippen LogP contribution >= 0.6 is 0 Å². The molecule has 0 bridgehead atoms. The lowest BCUT2D eigenvalue weighted by Crippen LogP contribution is -2.28. The van der Waals surface area contributed by atoms with E-state index in [2.05, 4.69) is 28.2 Å². The van der Waals surface area contributed by atoms with Gasteiger partial charge in [0.15, 0.2) is 0 Å². The van der Waals surface area contributed by atoms with Crippen LogP contribution in [-0.2, 0) is 20.7 Å². The molecule has 166 valence electrons. The second-order valence-corrected chi connectivity index (χ2v) is 7.83. The van der Waals surface area contributed by atoms with E-state index in [-0.39, 0.29) is 11.9 Å². The summed E-state index contributed by atoms with van der Waals surface area (Å²) in [4.78, 5) is 25.2. The van der Waals surface area contributed by atoms with Crippen LogP contribution < -0.4 is 5.32 Å². The summed E-state index contributed by atoms with van der Waals surface area (Å²) in [6.45, 7) is 6.12. The highest BCUT2D eigenvalue weighted by molar-refractivity contribution is 5.98. The lowest BCUT2D eigenvalue weighted by molar-refractivity contribution is -0.139. The van der Waals surface area contributed by atoms with Gasteiger partial charge in [0.2, 0.25) is 0 Å². The number of amides is 1. The molecule has 1 unspecified atom stereocenters. The summed E-state index contributed by atoms with van der Waals surface area (Å²) in [5.41, 5.74) is 3.15. The van der Waals surface area contributed by atoms with Crippen LogP contribution in [0.4, 0.5) is 0 Å². The number of aromatic nitrogens is 3. The maximum Gasteiger partial charge on any atom is 0.333 e. The number of aryl methyl sites for hydroxylation is 1. The van der Waals surface area contributed by atoms with E-state index in [1.54, 1.807) is 19.1 Å². The number of ether oxygens (including phenoxy) is 1. The number of aliphatic hydroxyl groups is 1. The molecule has 2 N–H and O–H groups in total. The van der Waals surface area contributed by atoms with Crippen LogP contribution in [0.1, 0.15) is 56.8 Å². The standard InChI is InChI=1S/C23H30N4O4/c1-16(2)23(30)31-14-8-4-3-7-13-24-22(29)17-11-12-21(28)20(15-17)27-25-18-9-5-6-10-19(18)26-27/h5,9,11,15,21,28H,1,3-4,6-8,10,12-14H2,2H3,(H,24,29). The Morgan fingerprint density at radius 2 is 2.10 bits per heavy atom. The van der Waals surface area contributed by atoms with Crippen LogP contribution in [0, 0.1) is 0 Å². The monoisotopic (exact) mass is 426 g/mol. The van der Waals surface area contributed by atoms with E-state index < -0.39 is 6.10 Å². The molecule has 1 amide bonds. The van der Waals surface area contributed by atoms with Crippen molar-refractivity contribution in [2.24, 2.45) is 0 Å². The molecule has 0 saturated carbocycles. The molecule has 3 rings (SSSR count). The lowest BCUT2D eigenvalue weighted by atomic mass is 10.0. The second kappa shape index (κ2) is 10.9. The van der Waals surface area contributed by atoms with Crippen molar-refractivity contribution >= 4 is 23.6 Å². The summed E-state index contributed by atoms with van der Waals surface area (Å²) in [5, 5.41) is 22.2. The summed E-state index contributed by atoms with van der Waals surface area (Å²) in [6.07, 6.45) is 12.2. The summed E-state index contributed by atoms with van der Waals surface area (Å²) in [7, 11) is 0. The third-order valence-electron chi connectivity index (χ3n) is 5.17. The molecule has 8 heteroatoms. The number of carbonyl (C=O) groups excluding carboxylic acids is 2. The Morgan fingerprint density at radius 1 is 1.29 bits per heavy atom. The van der Waals surface area contributed by atoms with Crippen LogP contribution in [0.5, 0.6) is 0 Å². The largest absolute Gasteiger partial charge is 0.462 e. The van der Waals surface area contributed by atoms with E-state index in [9.17, 15) is 14.7 Å². The van der Waals surface area contributed by atoms with Gasteiger partial charge < -0.3 is 15.2 Å². The van der Waals surface area contributed by atoms with Crippen molar-refractivity contribution in [1.29, 1.82) is 0 Å². The zero-order valence-corrected chi connectivity index (χ0v) is 18.0. The fourth-order valence-electron chi connectivity index (χ4n) is 3.38. The van der Waals surface area contributed by atoms with Crippen molar-refractivity contribution in [2.45, 2.75) is 58.0 Å². The number of fused-ring (bicyclic) bond motifs is 1. The number of esters is 1. The smallest absolute Gasteiger partial charge is 0.333 e. The lowest BCUT2D eigenvalue weighted by Gasteiger charge is -2.18. The average Bonchev–Trinajstić information content (AvgIpc) is 3.19. The Bertz CT molecular complexity index is 926. The minimum absolute atomic E-state index is 0.170. The molecule has 1 heterocycles. The van der Waals surface area contributed by atoms with Gasteiger partial charge in [-0.3, -0.25) is 4.79 Å². The molecule has 2 aliphatic rings. The van der Waals surface area contributed by atoms with Gasteiger partial charge in [0, 0.05) is 17.7 Å². The van der Waals surface area contributed by atoms with Crippen molar-refractivity contribution in [3.05, 3.63) is 47.3 Å². The molecule has 0 fully saturated rings. The van der Waals surface area contributed by atoms with Gasteiger partial charge in [-0.25, -0.2) is 4.79 Å². The van der Waals surface area contributed by atoms with Crippen LogP contribution in [0.3, 0.4) is 0 Å². The number of unbranched alkanes of at least 4 members (excludes halogenated alkanes) is 3. The van der Waals surface area contributed by atoms with Gasteiger partial charge in [-0.05, 0) is 57.6 Å². The molecular weight excluding hydrogens is 396 g/mol. The Balaban J connectivity index is 1.42. The van der Waals surface area contributed by atoms with Crippen molar-refractivity contribution in [1.82, 2.24) is 20.3 Å². The number of rotatable bonds is 10. The molecule has 8 nitrogen and oxygen atoms in total. The first kappa shape index (κ1) is 22.7. The topological polar surface area (TPSA) is 106 Å². The predicted molar refractivity (Wildman–Crippen MR) is 118 cm³/mol. The molecule has 0 radical (unpaired) electrons. The third kappa shape index (κ3) is 6.24. The Hall–Kier alpha value is -3.00. The first-order valence-electron chi connectivity index (χ1n) is 10.8. The van der Waals surface area contributed by atoms with Crippen LogP contribution in [-0.4, -0.2) is 51.2 Å². The zero-order valence-electron chi connectivity index (χ0n) is 18.0. The van der Waals surface area contributed by atoms with E-state index in [1.165, 1.54) is 4.80 Å². The molecule has 1 aromatic heterocycles. The molecule has 31 heavy (non-hydrogen) atoms. The molecule has 0 aromatic carbocycles. The molecule has 1 atom stereocenters. The number of hydrogen-bond acceptors (Lipinski definition) is 6. The van der Waals surface area contributed by atoms with Gasteiger partial charge in [0.1, 0.15) is 11.8 Å². The Kier molecular flexibility index (Phi) is 7.94. The van der Waals surface area contributed by atoms with Gasteiger partial charge in [-0.1, -0.05) is 25.2 Å². The summed E-state index contributed by atoms with van der Waals surface area (Å²) in [5.74, 6) is -0.524. The highest BCUT2D eigenvalue weighted by Gasteiger charge is 2.23. The molecule has 0 aliphatic heterocycles. The minimum atomic E-state index is -0.742. The maximum atomic E-state index is 12.5. The summed E-state index contributed by atoms with van der Waals surface area (Å²) in [6, 6.07) is 0. The number of hydrogen-bond donors (Lipinski definition) is 2. The number of allylic oxidation sites excluding steroid dienone is 1.